The first-order chi connectivity index (χ1) is 7.61. The second-order valence-electron chi connectivity index (χ2n) is 4.04. The van der Waals surface area contributed by atoms with Crippen LogP contribution in [-0.2, 0) is 11.2 Å². The predicted octanol–water partition coefficient (Wildman–Crippen LogP) is 1.80. The van der Waals surface area contributed by atoms with Crippen molar-refractivity contribution in [1.82, 2.24) is 5.32 Å². The zero-order valence-electron chi connectivity index (χ0n) is 10.1. The van der Waals surface area contributed by atoms with Crippen LogP contribution in [0.1, 0.15) is 19.4 Å². The maximum atomic E-state index is 10.8. The molecule has 3 nitrogen and oxygen atoms in total. The van der Waals surface area contributed by atoms with Gasteiger partial charge in [0.1, 0.15) is 11.5 Å². The number of hydrogen-bond donors (Lipinski definition) is 1. The molecule has 88 valence electrons. The molecule has 0 saturated heterocycles. The van der Waals surface area contributed by atoms with Crippen molar-refractivity contribution in [3.8, 4) is 5.75 Å². The van der Waals surface area contributed by atoms with Crippen LogP contribution in [0.15, 0.2) is 24.3 Å². The van der Waals surface area contributed by atoms with E-state index < -0.39 is 0 Å². The van der Waals surface area contributed by atoms with Crippen molar-refractivity contribution < 1.29 is 9.53 Å². The molecule has 3 heteroatoms. The van der Waals surface area contributed by atoms with E-state index in [9.17, 15) is 4.79 Å². The lowest BCUT2D eigenvalue weighted by Crippen LogP contribution is -2.32. The van der Waals surface area contributed by atoms with Gasteiger partial charge in [-0.25, -0.2) is 0 Å². The van der Waals surface area contributed by atoms with Crippen LogP contribution in [0.4, 0.5) is 0 Å². The average Bonchev–Trinajstić information content (AvgIpc) is 2.27. The van der Waals surface area contributed by atoms with Gasteiger partial charge in [0, 0.05) is 6.04 Å². The molecule has 0 saturated carbocycles. The van der Waals surface area contributed by atoms with Crippen LogP contribution < -0.4 is 10.1 Å². The topological polar surface area (TPSA) is 38.3 Å². The fourth-order valence-corrected chi connectivity index (χ4v) is 1.51. The van der Waals surface area contributed by atoms with Gasteiger partial charge in [0.05, 0.1) is 13.7 Å². The quantitative estimate of drug-likeness (QED) is 0.796. The van der Waals surface area contributed by atoms with Gasteiger partial charge in [-0.1, -0.05) is 12.1 Å². The van der Waals surface area contributed by atoms with Crippen LogP contribution >= 0.6 is 0 Å². The fourth-order valence-electron chi connectivity index (χ4n) is 1.51. The van der Waals surface area contributed by atoms with Crippen molar-refractivity contribution in [1.29, 1.82) is 0 Å². The number of carbonyl (C=O) groups is 1. The lowest BCUT2D eigenvalue weighted by Gasteiger charge is -2.12. The Balaban J connectivity index is 2.43. The fraction of sp³-hybridized carbons (Fsp3) is 0.462. The van der Waals surface area contributed by atoms with E-state index >= 15 is 0 Å². The third-order valence-electron chi connectivity index (χ3n) is 2.40. The summed E-state index contributed by atoms with van der Waals surface area (Å²) in [7, 11) is 1.66. The minimum Gasteiger partial charge on any atom is -0.497 e. The minimum atomic E-state index is 0.168. The number of hydrogen-bond acceptors (Lipinski definition) is 3. The largest absolute Gasteiger partial charge is 0.497 e. The molecule has 1 unspecified atom stereocenters. The maximum Gasteiger partial charge on any atom is 0.143 e. The van der Waals surface area contributed by atoms with E-state index in [4.69, 9.17) is 4.74 Å². The van der Waals surface area contributed by atoms with Gasteiger partial charge in [0.25, 0.3) is 0 Å². The van der Waals surface area contributed by atoms with Gasteiger partial charge >= 0.3 is 0 Å². The molecule has 0 radical (unpaired) electrons. The molecule has 0 fully saturated rings. The molecule has 0 amide bonds. The molecule has 0 aliphatic carbocycles. The Morgan fingerprint density at radius 1 is 1.38 bits per heavy atom. The van der Waals surface area contributed by atoms with Crippen molar-refractivity contribution in [2.24, 2.45) is 0 Å². The number of rotatable bonds is 6. The molecular formula is C13H19NO2. The summed E-state index contributed by atoms with van der Waals surface area (Å²) in [6.07, 6.45) is 0.914. The second-order valence-corrected chi connectivity index (χ2v) is 4.04. The van der Waals surface area contributed by atoms with E-state index in [1.165, 1.54) is 5.56 Å². The first-order valence-corrected chi connectivity index (χ1v) is 5.47. The molecule has 1 atom stereocenters. The minimum absolute atomic E-state index is 0.168. The number of ketones is 1. The normalized spacial score (nSPS) is 12.2. The summed E-state index contributed by atoms with van der Waals surface area (Å²) in [6.45, 7) is 4.11. The van der Waals surface area contributed by atoms with Gasteiger partial charge in [-0.15, -0.1) is 0 Å². The number of methoxy groups -OCH3 is 1. The van der Waals surface area contributed by atoms with Gasteiger partial charge in [-0.3, -0.25) is 4.79 Å². The van der Waals surface area contributed by atoms with Crippen molar-refractivity contribution in [2.45, 2.75) is 26.3 Å². The van der Waals surface area contributed by atoms with Gasteiger partial charge in [-0.05, 0) is 38.0 Å². The van der Waals surface area contributed by atoms with Crippen molar-refractivity contribution in [3.05, 3.63) is 29.8 Å². The molecule has 0 heterocycles. The van der Waals surface area contributed by atoms with Gasteiger partial charge in [-0.2, -0.15) is 0 Å². The summed E-state index contributed by atoms with van der Waals surface area (Å²) in [5.41, 5.74) is 1.24. The van der Waals surface area contributed by atoms with E-state index in [1.807, 2.05) is 24.3 Å². The highest BCUT2D eigenvalue weighted by Gasteiger charge is 2.04. The Morgan fingerprint density at radius 2 is 2.00 bits per heavy atom. The molecule has 1 aromatic rings. The van der Waals surface area contributed by atoms with Gasteiger partial charge in [0.2, 0.25) is 0 Å². The maximum absolute atomic E-state index is 10.8. The molecule has 0 aromatic heterocycles. The molecule has 0 aliphatic heterocycles. The van der Waals surface area contributed by atoms with Crippen LogP contribution in [0.2, 0.25) is 0 Å². The number of nitrogens with one attached hydrogen (secondary N) is 1. The third-order valence-corrected chi connectivity index (χ3v) is 2.40. The molecule has 1 N–H and O–H groups in total. The molecule has 1 aromatic carbocycles. The van der Waals surface area contributed by atoms with E-state index in [2.05, 4.69) is 12.2 Å². The van der Waals surface area contributed by atoms with Crippen LogP contribution in [-0.4, -0.2) is 25.5 Å². The van der Waals surface area contributed by atoms with Crippen molar-refractivity contribution >= 4 is 5.78 Å². The number of benzene rings is 1. The van der Waals surface area contributed by atoms with E-state index in [0.29, 0.717) is 12.6 Å². The van der Waals surface area contributed by atoms with Crippen LogP contribution in [0.25, 0.3) is 0 Å². The highest BCUT2D eigenvalue weighted by atomic mass is 16.5. The Morgan fingerprint density at radius 3 is 2.50 bits per heavy atom. The summed E-state index contributed by atoms with van der Waals surface area (Å²) < 4.78 is 5.09. The summed E-state index contributed by atoms with van der Waals surface area (Å²) >= 11 is 0. The third kappa shape index (κ3) is 4.45. The zero-order chi connectivity index (χ0) is 12.0. The summed E-state index contributed by atoms with van der Waals surface area (Å²) in [6, 6.07) is 8.30. The van der Waals surface area contributed by atoms with Crippen molar-refractivity contribution in [2.75, 3.05) is 13.7 Å². The second kappa shape index (κ2) is 6.28. The molecule has 0 bridgehead atoms. The standard InChI is InChI=1S/C13H19NO2/c1-10(14-9-11(2)15)8-12-4-6-13(16-3)7-5-12/h4-7,10,14H,8-9H2,1-3H3. The number of ether oxygens (including phenoxy) is 1. The van der Waals surface area contributed by atoms with Gasteiger partial charge in [0.15, 0.2) is 0 Å². The highest BCUT2D eigenvalue weighted by molar-refractivity contribution is 5.77. The highest BCUT2D eigenvalue weighted by Crippen LogP contribution is 2.12. The molecular weight excluding hydrogens is 202 g/mol. The lowest BCUT2D eigenvalue weighted by molar-refractivity contribution is -0.116. The molecule has 16 heavy (non-hydrogen) atoms. The van der Waals surface area contributed by atoms with E-state index in [-0.39, 0.29) is 5.78 Å². The van der Waals surface area contributed by atoms with Gasteiger partial charge < -0.3 is 10.1 Å². The Hall–Kier alpha value is -1.35. The molecule has 0 aliphatic rings. The predicted molar refractivity (Wildman–Crippen MR) is 64.8 cm³/mol. The van der Waals surface area contributed by atoms with E-state index in [0.717, 1.165) is 12.2 Å². The van der Waals surface area contributed by atoms with E-state index in [1.54, 1.807) is 14.0 Å². The molecule has 1 rings (SSSR count). The summed E-state index contributed by atoms with van der Waals surface area (Å²) in [5, 5.41) is 3.18. The Bertz CT molecular complexity index is 332. The van der Waals surface area contributed by atoms with Crippen LogP contribution in [0, 0.1) is 0 Å². The Kier molecular flexibility index (Phi) is 4.99. The number of Topliss-reactive ketones (excluding diaryl/α,β-unsaturated/α-hetero) is 1. The summed E-state index contributed by atoms with van der Waals surface area (Å²) in [4.78, 5) is 10.8. The lowest BCUT2D eigenvalue weighted by atomic mass is 10.1. The summed E-state index contributed by atoms with van der Waals surface area (Å²) in [5.74, 6) is 1.04. The zero-order valence-corrected chi connectivity index (χ0v) is 10.1. The molecule has 0 spiro atoms. The van der Waals surface area contributed by atoms with Crippen LogP contribution in [0.5, 0.6) is 5.75 Å². The first-order valence-electron chi connectivity index (χ1n) is 5.47. The first kappa shape index (κ1) is 12.7. The monoisotopic (exact) mass is 221 g/mol. The number of carbonyl (C=O) groups excluding carboxylic acids is 1. The Labute approximate surface area is 96.8 Å². The van der Waals surface area contributed by atoms with Crippen LogP contribution in [0.3, 0.4) is 0 Å². The van der Waals surface area contributed by atoms with Crippen molar-refractivity contribution in [3.63, 3.8) is 0 Å². The average molecular weight is 221 g/mol. The smallest absolute Gasteiger partial charge is 0.143 e. The SMILES string of the molecule is COc1ccc(CC(C)NCC(C)=O)cc1.